The number of aryl methyl sites for hydroxylation is 4. The van der Waals surface area contributed by atoms with Gasteiger partial charge in [0.05, 0.1) is 0 Å². The Morgan fingerprint density at radius 3 is 0.979 bits per heavy atom. The van der Waals surface area contributed by atoms with Gasteiger partial charge in [0.25, 0.3) is 0 Å². The van der Waals surface area contributed by atoms with E-state index in [0.29, 0.717) is 0 Å². The average molecular weight is 611 g/mol. The van der Waals surface area contributed by atoms with Crippen molar-refractivity contribution in [2.45, 2.75) is 34.6 Å². The maximum atomic E-state index is 2.31. The Morgan fingerprint density at radius 2 is 0.660 bits per heavy atom. The van der Waals surface area contributed by atoms with Crippen LogP contribution in [0.3, 0.4) is 0 Å². The molecule has 0 fully saturated rings. The Kier molecular flexibility index (Phi) is 9.50. The number of benzene rings is 6. The molecule has 0 heterocycles. The Bertz CT molecular complexity index is 1870. The first-order chi connectivity index (χ1) is 22.8. The number of anilines is 6. The van der Waals surface area contributed by atoms with E-state index in [0.717, 1.165) is 39.7 Å². The molecule has 0 atom stereocenters. The van der Waals surface area contributed by atoms with Gasteiger partial charge in [-0.2, -0.15) is 0 Å². The van der Waals surface area contributed by atoms with Crippen molar-refractivity contribution >= 4 is 45.8 Å². The van der Waals surface area contributed by atoms with Crippen molar-refractivity contribution in [3.8, 4) is 0 Å². The van der Waals surface area contributed by atoms with Crippen LogP contribution in [0.2, 0.25) is 0 Å². The van der Waals surface area contributed by atoms with Gasteiger partial charge in [-0.05, 0) is 124 Å². The standard InChI is InChI=1S/C45H42N2/c1-33-9-21-40(22-10-33)46(41-23-11-34(2)12-24-41)44-29-17-38(18-30-44)8-6-7-37(5)39-19-31-45(32-20-39)47(42-25-13-35(3)14-26-42)43-27-15-36(4)16-28-43/h6-32H,1-5H3. The first kappa shape index (κ1) is 31.4. The summed E-state index contributed by atoms with van der Waals surface area (Å²) in [6.07, 6.45) is 6.49. The fraction of sp³-hybridized carbons (Fsp3) is 0.111. The molecule has 0 aliphatic heterocycles. The molecule has 232 valence electrons. The largest absolute Gasteiger partial charge is 0.311 e. The maximum absolute atomic E-state index is 2.31. The second-order valence-electron chi connectivity index (χ2n) is 12.4. The lowest BCUT2D eigenvalue weighted by molar-refractivity contribution is 1.27. The first-order valence-corrected chi connectivity index (χ1v) is 16.3. The van der Waals surface area contributed by atoms with Gasteiger partial charge in [0.15, 0.2) is 0 Å². The number of rotatable bonds is 9. The minimum Gasteiger partial charge on any atom is -0.311 e. The van der Waals surface area contributed by atoms with E-state index in [1.165, 1.54) is 33.4 Å². The molecule has 6 aromatic rings. The van der Waals surface area contributed by atoms with Crippen molar-refractivity contribution < 1.29 is 0 Å². The van der Waals surface area contributed by atoms with Crippen LogP contribution in [0.15, 0.2) is 158 Å². The Hall–Kier alpha value is -5.60. The van der Waals surface area contributed by atoms with Gasteiger partial charge in [-0.1, -0.05) is 113 Å². The van der Waals surface area contributed by atoms with E-state index in [9.17, 15) is 0 Å². The van der Waals surface area contributed by atoms with Crippen LogP contribution in [0.4, 0.5) is 34.1 Å². The van der Waals surface area contributed by atoms with Gasteiger partial charge in [-0.3, -0.25) is 0 Å². The van der Waals surface area contributed by atoms with Crippen molar-refractivity contribution in [2.75, 3.05) is 9.80 Å². The van der Waals surface area contributed by atoms with E-state index in [1.54, 1.807) is 0 Å². The van der Waals surface area contributed by atoms with Crippen molar-refractivity contribution in [2.24, 2.45) is 0 Å². The van der Waals surface area contributed by atoms with Crippen molar-refractivity contribution in [1.82, 2.24) is 0 Å². The summed E-state index contributed by atoms with van der Waals surface area (Å²) in [5.41, 5.74) is 15.4. The molecule has 47 heavy (non-hydrogen) atoms. The molecule has 6 aromatic carbocycles. The summed E-state index contributed by atoms with van der Waals surface area (Å²) in [6, 6.07) is 52.4. The van der Waals surface area contributed by atoms with Gasteiger partial charge in [0.2, 0.25) is 0 Å². The fourth-order valence-corrected chi connectivity index (χ4v) is 5.68. The lowest BCUT2D eigenvalue weighted by Crippen LogP contribution is -2.09. The molecular formula is C45H42N2. The number of hydrogen-bond donors (Lipinski definition) is 0. The predicted octanol–water partition coefficient (Wildman–Crippen LogP) is 13.0. The van der Waals surface area contributed by atoms with Gasteiger partial charge >= 0.3 is 0 Å². The average Bonchev–Trinajstić information content (AvgIpc) is 3.09. The Balaban J connectivity index is 1.19. The predicted molar refractivity (Wildman–Crippen MR) is 204 cm³/mol. The molecule has 0 saturated carbocycles. The second kappa shape index (κ2) is 14.2. The highest BCUT2D eigenvalue weighted by atomic mass is 15.1. The molecule has 2 heteroatoms. The van der Waals surface area contributed by atoms with E-state index >= 15 is 0 Å². The van der Waals surface area contributed by atoms with Crippen molar-refractivity contribution in [3.63, 3.8) is 0 Å². The van der Waals surface area contributed by atoms with E-state index < -0.39 is 0 Å². The summed E-state index contributed by atoms with van der Waals surface area (Å²) in [7, 11) is 0. The molecule has 0 aliphatic carbocycles. The zero-order chi connectivity index (χ0) is 32.8. The quantitative estimate of drug-likeness (QED) is 0.150. The zero-order valence-corrected chi connectivity index (χ0v) is 28.0. The van der Waals surface area contributed by atoms with Gasteiger partial charge in [0, 0.05) is 34.1 Å². The monoisotopic (exact) mass is 610 g/mol. The van der Waals surface area contributed by atoms with Crippen LogP contribution in [-0.2, 0) is 0 Å². The molecular weight excluding hydrogens is 569 g/mol. The molecule has 0 unspecified atom stereocenters. The minimum atomic E-state index is 1.13. The van der Waals surface area contributed by atoms with E-state index in [-0.39, 0.29) is 0 Å². The summed E-state index contributed by atoms with van der Waals surface area (Å²) in [6.45, 7) is 10.7. The Labute approximate surface area is 280 Å². The van der Waals surface area contributed by atoms with Gasteiger partial charge in [-0.15, -0.1) is 0 Å². The molecule has 0 aliphatic rings. The molecule has 6 rings (SSSR count). The highest BCUT2D eigenvalue weighted by Crippen LogP contribution is 2.36. The van der Waals surface area contributed by atoms with Crippen LogP contribution in [0.1, 0.15) is 40.3 Å². The SMILES string of the molecule is CC(=CC=Cc1ccc(N(c2ccc(C)cc2)c2ccc(C)cc2)cc1)c1ccc(N(c2ccc(C)cc2)c2ccc(C)cc2)cc1. The van der Waals surface area contributed by atoms with Gasteiger partial charge in [-0.25, -0.2) is 0 Å². The third-order valence-corrected chi connectivity index (χ3v) is 8.54. The summed E-state index contributed by atoms with van der Waals surface area (Å²) in [5, 5.41) is 0. The summed E-state index contributed by atoms with van der Waals surface area (Å²) in [4.78, 5) is 4.61. The molecule has 2 nitrogen and oxygen atoms in total. The van der Waals surface area contributed by atoms with Gasteiger partial charge < -0.3 is 9.80 Å². The molecule has 0 radical (unpaired) electrons. The molecule has 0 spiro atoms. The lowest BCUT2D eigenvalue weighted by atomic mass is 10.0. The van der Waals surface area contributed by atoms with E-state index in [1.807, 2.05) is 0 Å². The maximum Gasteiger partial charge on any atom is 0.0462 e. The highest BCUT2D eigenvalue weighted by Gasteiger charge is 2.13. The highest BCUT2D eigenvalue weighted by molar-refractivity contribution is 5.79. The molecule has 0 N–H and O–H groups in total. The van der Waals surface area contributed by atoms with Gasteiger partial charge in [0.1, 0.15) is 0 Å². The minimum absolute atomic E-state index is 1.13. The number of hydrogen-bond acceptors (Lipinski definition) is 2. The van der Waals surface area contributed by atoms with Crippen LogP contribution in [0.25, 0.3) is 11.6 Å². The number of nitrogens with zero attached hydrogens (tertiary/aromatic N) is 2. The zero-order valence-electron chi connectivity index (χ0n) is 28.0. The third kappa shape index (κ3) is 7.62. The van der Waals surface area contributed by atoms with Crippen LogP contribution in [0.5, 0.6) is 0 Å². The topological polar surface area (TPSA) is 6.48 Å². The van der Waals surface area contributed by atoms with E-state index in [4.69, 9.17) is 0 Å². The van der Waals surface area contributed by atoms with Crippen LogP contribution >= 0.6 is 0 Å². The molecule has 0 aromatic heterocycles. The third-order valence-electron chi connectivity index (χ3n) is 8.54. The Morgan fingerprint density at radius 1 is 0.383 bits per heavy atom. The molecule has 0 bridgehead atoms. The first-order valence-electron chi connectivity index (χ1n) is 16.3. The summed E-state index contributed by atoms with van der Waals surface area (Å²) >= 11 is 0. The lowest BCUT2D eigenvalue weighted by Gasteiger charge is -2.26. The normalized spacial score (nSPS) is 11.6. The smallest absolute Gasteiger partial charge is 0.0462 e. The van der Waals surface area contributed by atoms with Crippen LogP contribution in [0, 0.1) is 27.7 Å². The number of allylic oxidation sites excluding steroid dienone is 3. The van der Waals surface area contributed by atoms with Crippen LogP contribution in [-0.4, -0.2) is 0 Å². The fourth-order valence-electron chi connectivity index (χ4n) is 5.68. The van der Waals surface area contributed by atoms with E-state index in [2.05, 4.69) is 208 Å². The molecule has 0 saturated heterocycles. The van der Waals surface area contributed by atoms with Crippen molar-refractivity contribution in [3.05, 3.63) is 191 Å². The van der Waals surface area contributed by atoms with Crippen molar-refractivity contribution in [1.29, 1.82) is 0 Å². The summed E-state index contributed by atoms with van der Waals surface area (Å²) < 4.78 is 0. The molecule has 0 amide bonds. The van der Waals surface area contributed by atoms with Crippen LogP contribution < -0.4 is 9.80 Å². The second-order valence-corrected chi connectivity index (χ2v) is 12.4. The summed E-state index contributed by atoms with van der Waals surface area (Å²) in [5.74, 6) is 0.